The first-order chi connectivity index (χ1) is 22.3. The van der Waals surface area contributed by atoms with Crippen LogP contribution < -0.4 is 20.1 Å². The number of esters is 1. The van der Waals surface area contributed by atoms with Gasteiger partial charge < -0.3 is 29.7 Å². The summed E-state index contributed by atoms with van der Waals surface area (Å²) in [5.41, 5.74) is 2.91. The summed E-state index contributed by atoms with van der Waals surface area (Å²) in [4.78, 5) is 40.4. The average Bonchev–Trinajstić information content (AvgIpc) is 3.50. The van der Waals surface area contributed by atoms with Gasteiger partial charge in [-0.15, -0.1) is 0 Å². The molecule has 0 aromatic heterocycles. The number of likely N-dealkylation sites (tertiary alicyclic amines) is 1. The van der Waals surface area contributed by atoms with E-state index in [9.17, 15) is 14.4 Å². The summed E-state index contributed by atoms with van der Waals surface area (Å²) >= 11 is 12.4. The number of anilines is 2. The van der Waals surface area contributed by atoms with Gasteiger partial charge in [0.1, 0.15) is 18.1 Å². The van der Waals surface area contributed by atoms with Crippen molar-refractivity contribution < 1.29 is 28.6 Å². The van der Waals surface area contributed by atoms with Gasteiger partial charge in [-0.05, 0) is 72.5 Å². The fourth-order valence-corrected chi connectivity index (χ4v) is 6.01. The third-order valence-corrected chi connectivity index (χ3v) is 8.39. The Morgan fingerprint density at radius 1 is 0.848 bits per heavy atom. The fraction of sp³-hybridized carbons (Fsp3) is 0.229. The van der Waals surface area contributed by atoms with Crippen LogP contribution >= 0.6 is 23.2 Å². The highest BCUT2D eigenvalue weighted by molar-refractivity contribution is 6.39. The summed E-state index contributed by atoms with van der Waals surface area (Å²) in [6.07, 6.45) is 1.68. The fourth-order valence-electron chi connectivity index (χ4n) is 5.52. The number of nitrogens with zero attached hydrogens (tertiary/aromatic N) is 1. The van der Waals surface area contributed by atoms with E-state index in [4.69, 9.17) is 37.4 Å². The Labute approximate surface area is 277 Å². The average molecular weight is 663 g/mol. The quantitative estimate of drug-likeness (QED) is 0.168. The van der Waals surface area contributed by atoms with E-state index in [0.717, 1.165) is 24.0 Å². The molecule has 0 spiro atoms. The predicted octanol–water partition coefficient (Wildman–Crippen LogP) is 7.79. The molecular weight excluding hydrogens is 629 g/mol. The van der Waals surface area contributed by atoms with Crippen molar-refractivity contribution in [3.05, 3.63) is 118 Å². The Morgan fingerprint density at radius 2 is 1.57 bits per heavy atom. The molecule has 1 aliphatic rings. The molecule has 1 saturated heterocycles. The molecule has 5 rings (SSSR count). The molecule has 2 unspecified atom stereocenters. The number of hydrogen-bond acceptors (Lipinski definition) is 6. The topological polar surface area (TPSA) is 106 Å². The first-order valence-electron chi connectivity index (χ1n) is 14.6. The number of carbonyl (C=O) groups is 3. The molecule has 1 heterocycles. The highest BCUT2D eigenvalue weighted by Crippen LogP contribution is 2.37. The number of amides is 3. The lowest BCUT2D eigenvalue weighted by molar-refractivity contribution is -0.134. The van der Waals surface area contributed by atoms with Gasteiger partial charge in [-0.2, -0.15) is 0 Å². The van der Waals surface area contributed by atoms with Crippen LogP contribution in [0.5, 0.6) is 11.5 Å². The Hall–Kier alpha value is -4.73. The first kappa shape index (κ1) is 32.7. The normalized spacial score (nSPS) is 15.6. The molecule has 0 bridgehead atoms. The third-order valence-electron chi connectivity index (χ3n) is 7.76. The standard InChI is InChI=1S/C35H33Cl2N3O6/c1-44-31-19-22(11-17-29(31)38-35(43)39-33-27(36)9-6-10-28(33)37)20-32(41)40-25(14-18-30(40)23-7-4-3-5-8-23)21-46-26-15-12-24(13-16-26)34(42)45-2/h3-13,15-17,19,25,30H,14,18,20-21H2,1-2H3,(H2,38,39,43). The highest BCUT2D eigenvalue weighted by atomic mass is 35.5. The second-order valence-electron chi connectivity index (χ2n) is 10.7. The molecule has 3 amide bonds. The summed E-state index contributed by atoms with van der Waals surface area (Å²) < 4.78 is 16.4. The molecule has 4 aromatic carbocycles. The zero-order chi connectivity index (χ0) is 32.6. The minimum atomic E-state index is -0.553. The number of methoxy groups -OCH3 is 2. The van der Waals surface area contributed by atoms with E-state index >= 15 is 0 Å². The molecule has 0 radical (unpaired) electrons. The monoisotopic (exact) mass is 661 g/mol. The molecule has 9 nitrogen and oxygen atoms in total. The number of rotatable bonds is 10. The minimum Gasteiger partial charge on any atom is -0.495 e. The molecular formula is C35H33Cl2N3O6. The maximum Gasteiger partial charge on any atom is 0.337 e. The largest absolute Gasteiger partial charge is 0.495 e. The van der Waals surface area contributed by atoms with Gasteiger partial charge in [-0.1, -0.05) is 65.7 Å². The molecule has 1 fully saturated rings. The zero-order valence-electron chi connectivity index (χ0n) is 25.3. The van der Waals surface area contributed by atoms with E-state index in [0.29, 0.717) is 45.1 Å². The lowest BCUT2D eigenvalue weighted by Crippen LogP contribution is -2.41. The van der Waals surface area contributed by atoms with Crippen molar-refractivity contribution in [3.63, 3.8) is 0 Å². The van der Waals surface area contributed by atoms with Crippen molar-refractivity contribution in [3.8, 4) is 11.5 Å². The molecule has 2 N–H and O–H groups in total. The number of urea groups is 1. The van der Waals surface area contributed by atoms with Gasteiger partial charge in [0.15, 0.2) is 0 Å². The molecule has 238 valence electrons. The number of ether oxygens (including phenoxy) is 3. The number of benzene rings is 4. The van der Waals surface area contributed by atoms with Gasteiger partial charge in [0.05, 0.1) is 59.7 Å². The number of halogens is 2. The van der Waals surface area contributed by atoms with Gasteiger partial charge in [0.2, 0.25) is 5.91 Å². The number of carbonyl (C=O) groups excluding carboxylic acids is 3. The predicted molar refractivity (Wildman–Crippen MR) is 178 cm³/mol. The lowest BCUT2D eigenvalue weighted by Gasteiger charge is -2.31. The number of nitrogens with one attached hydrogen (secondary N) is 2. The SMILES string of the molecule is COC(=O)c1ccc(OCC2CCC(c3ccccc3)N2C(=O)Cc2ccc(NC(=O)Nc3c(Cl)cccc3Cl)c(OC)c2)cc1. The van der Waals surface area contributed by atoms with Gasteiger partial charge in [0.25, 0.3) is 0 Å². The van der Waals surface area contributed by atoms with Crippen LogP contribution in [0.25, 0.3) is 0 Å². The molecule has 1 aliphatic heterocycles. The molecule has 0 aliphatic carbocycles. The second kappa shape index (κ2) is 15.0. The van der Waals surface area contributed by atoms with Crippen molar-refractivity contribution >= 4 is 52.5 Å². The Bertz CT molecular complexity index is 1680. The van der Waals surface area contributed by atoms with Crippen molar-refractivity contribution in [1.82, 2.24) is 4.90 Å². The molecule has 4 aromatic rings. The van der Waals surface area contributed by atoms with Gasteiger partial charge in [0, 0.05) is 0 Å². The highest BCUT2D eigenvalue weighted by Gasteiger charge is 2.38. The van der Waals surface area contributed by atoms with Crippen LogP contribution in [-0.2, 0) is 16.0 Å². The molecule has 0 saturated carbocycles. The van der Waals surface area contributed by atoms with Crippen LogP contribution in [0, 0.1) is 0 Å². The van der Waals surface area contributed by atoms with Crippen molar-refractivity contribution in [2.24, 2.45) is 0 Å². The number of hydrogen-bond donors (Lipinski definition) is 2. The second-order valence-corrected chi connectivity index (χ2v) is 11.5. The molecule has 11 heteroatoms. The third kappa shape index (κ3) is 7.73. The summed E-state index contributed by atoms with van der Waals surface area (Å²) in [7, 11) is 2.83. The number of para-hydroxylation sites is 1. The van der Waals surface area contributed by atoms with E-state index in [1.54, 1.807) is 60.7 Å². The van der Waals surface area contributed by atoms with Crippen LogP contribution in [0.4, 0.5) is 16.2 Å². The first-order valence-corrected chi connectivity index (χ1v) is 15.4. The van der Waals surface area contributed by atoms with Gasteiger partial charge in [-0.3, -0.25) is 4.79 Å². The van der Waals surface area contributed by atoms with Gasteiger partial charge in [-0.25, -0.2) is 9.59 Å². The Morgan fingerprint density at radius 3 is 2.24 bits per heavy atom. The summed E-state index contributed by atoms with van der Waals surface area (Å²) in [5.74, 6) is 0.504. The summed E-state index contributed by atoms with van der Waals surface area (Å²) in [6, 6.07) is 26.0. The van der Waals surface area contributed by atoms with Crippen molar-refractivity contribution in [1.29, 1.82) is 0 Å². The maximum absolute atomic E-state index is 14.0. The van der Waals surface area contributed by atoms with E-state index in [1.165, 1.54) is 14.2 Å². The zero-order valence-corrected chi connectivity index (χ0v) is 26.8. The molecule has 46 heavy (non-hydrogen) atoms. The van der Waals surface area contributed by atoms with Crippen LogP contribution in [0.1, 0.15) is 40.4 Å². The Balaban J connectivity index is 1.30. The van der Waals surface area contributed by atoms with E-state index in [-0.39, 0.29) is 24.4 Å². The van der Waals surface area contributed by atoms with E-state index in [1.807, 2.05) is 35.2 Å². The van der Waals surface area contributed by atoms with Crippen molar-refractivity contribution in [2.45, 2.75) is 31.3 Å². The smallest absolute Gasteiger partial charge is 0.337 e. The summed E-state index contributed by atoms with van der Waals surface area (Å²) in [5, 5.41) is 6.02. The minimum absolute atomic E-state index is 0.0603. The summed E-state index contributed by atoms with van der Waals surface area (Å²) in [6.45, 7) is 0.295. The maximum atomic E-state index is 14.0. The molecule has 2 atom stereocenters. The van der Waals surface area contributed by atoms with Crippen LogP contribution in [0.2, 0.25) is 10.0 Å². The lowest BCUT2D eigenvalue weighted by atomic mass is 10.0. The van der Waals surface area contributed by atoms with Crippen molar-refractivity contribution in [2.75, 3.05) is 31.5 Å². The van der Waals surface area contributed by atoms with Gasteiger partial charge >= 0.3 is 12.0 Å². The van der Waals surface area contributed by atoms with Crippen LogP contribution in [0.3, 0.4) is 0 Å². The van der Waals surface area contributed by atoms with Crippen LogP contribution in [0.15, 0.2) is 91.0 Å². The Kier molecular flexibility index (Phi) is 10.7. The van der Waals surface area contributed by atoms with E-state index in [2.05, 4.69) is 10.6 Å². The van der Waals surface area contributed by atoms with Crippen LogP contribution in [-0.4, -0.2) is 49.7 Å². The van der Waals surface area contributed by atoms with E-state index < -0.39 is 12.0 Å².